The van der Waals surface area contributed by atoms with Gasteiger partial charge >= 0.3 is 11.7 Å². The zero-order valence-corrected chi connectivity index (χ0v) is 15.1. The van der Waals surface area contributed by atoms with Crippen molar-refractivity contribution >= 4 is 11.7 Å². The van der Waals surface area contributed by atoms with Crippen molar-refractivity contribution in [2.75, 3.05) is 13.7 Å². The average molecular weight is 357 g/mol. The molecule has 0 aliphatic heterocycles. The van der Waals surface area contributed by atoms with Crippen molar-refractivity contribution in [2.24, 2.45) is 0 Å². The van der Waals surface area contributed by atoms with E-state index in [1.165, 1.54) is 13.2 Å². The van der Waals surface area contributed by atoms with E-state index in [1.54, 1.807) is 0 Å². The molecule has 0 unspecified atom stereocenters. The number of ether oxygens (including phenoxy) is 2. The van der Waals surface area contributed by atoms with Gasteiger partial charge in [-0.25, -0.2) is 0 Å². The maximum atomic E-state index is 11.6. The number of benzene rings is 2. The van der Waals surface area contributed by atoms with E-state index < -0.39 is 4.92 Å². The van der Waals surface area contributed by atoms with Crippen LogP contribution in [0.1, 0.15) is 31.7 Å². The van der Waals surface area contributed by atoms with Gasteiger partial charge in [0.25, 0.3) is 0 Å². The zero-order chi connectivity index (χ0) is 18.9. The molecule has 0 saturated carbocycles. The maximum Gasteiger partial charge on any atom is 0.311 e. The minimum Gasteiger partial charge on any atom is -0.486 e. The summed E-state index contributed by atoms with van der Waals surface area (Å²) in [4.78, 5) is 22.6. The van der Waals surface area contributed by atoms with E-state index in [1.807, 2.05) is 43.3 Å². The van der Waals surface area contributed by atoms with Crippen LogP contribution in [0.3, 0.4) is 0 Å². The van der Waals surface area contributed by atoms with E-state index >= 15 is 0 Å². The van der Waals surface area contributed by atoms with Crippen molar-refractivity contribution in [2.45, 2.75) is 32.6 Å². The Hall–Kier alpha value is -2.89. The number of methoxy groups -OCH3 is 1. The molecule has 0 aromatic heterocycles. The SMILES string of the molecule is CCCCOc1c(-c2ccccc2)cc(CCC(=O)OC)cc1[N+](=O)[O-]. The zero-order valence-electron chi connectivity index (χ0n) is 15.1. The fraction of sp³-hybridized carbons (Fsp3) is 0.350. The first-order valence-electron chi connectivity index (χ1n) is 8.63. The van der Waals surface area contributed by atoms with Gasteiger partial charge in [-0.05, 0) is 30.0 Å². The second kappa shape index (κ2) is 9.56. The van der Waals surface area contributed by atoms with Crippen molar-refractivity contribution in [3.8, 4) is 16.9 Å². The molecule has 0 aliphatic rings. The van der Waals surface area contributed by atoms with Crippen LogP contribution < -0.4 is 4.74 Å². The lowest BCUT2D eigenvalue weighted by Crippen LogP contribution is -2.05. The van der Waals surface area contributed by atoms with E-state index in [-0.39, 0.29) is 23.8 Å². The Balaban J connectivity index is 2.49. The van der Waals surface area contributed by atoms with Crippen molar-refractivity contribution in [3.63, 3.8) is 0 Å². The van der Waals surface area contributed by atoms with Crippen molar-refractivity contribution in [1.29, 1.82) is 0 Å². The molecule has 26 heavy (non-hydrogen) atoms. The van der Waals surface area contributed by atoms with E-state index in [0.717, 1.165) is 18.4 Å². The van der Waals surface area contributed by atoms with Crippen molar-refractivity contribution < 1.29 is 19.2 Å². The predicted molar refractivity (Wildman–Crippen MR) is 99.3 cm³/mol. The Bertz CT molecular complexity index is 758. The molecule has 138 valence electrons. The average Bonchev–Trinajstić information content (AvgIpc) is 2.67. The molecule has 0 N–H and O–H groups in total. The molecule has 0 radical (unpaired) electrons. The highest BCUT2D eigenvalue weighted by molar-refractivity contribution is 5.77. The van der Waals surface area contributed by atoms with Crippen LogP contribution in [0.5, 0.6) is 5.75 Å². The standard InChI is InChI=1S/C20H23NO5/c1-3-4-12-26-20-17(16-8-6-5-7-9-16)13-15(10-11-19(22)25-2)14-18(20)21(23)24/h5-9,13-14H,3-4,10-12H2,1-2H3. The topological polar surface area (TPSA) is 78.7 Å². The summed E-state index contributed by atoms with van der Waals surface area (Å²) in [5, 5.41) is 11.6. The summed E-state index contributed by atoms with van der Waals surface area (Å²) in [5.41, 5.74) is 2.11. The first kappa shape index (κ1) is 19.4. The summed E-state index contributed by atoms with van der Waals surface area (Å²) < 4.78 is 10.4. The summed E-state index contributed by atoms with van der Waals surface area (Å²) >= 11 is 0. The minimum atomic E-state index is -0.435. The number of hydrogen-bond donors (Lipinski definition) is 0. The first-order valence-corrected chi connectivity index (χ1v) is 8.63. The van der Waals surface area contributed by atoms with Crippen LogP contribution in [-0.4, -0.2) is 24.6 Å². The van der Waals surface area contributed by atoms with Crippen LogP contribution in [0.2, 0.25) is 0 Å². The number of rotatable bonds is 9. The van der Waals surface area contributed by atoms with Gasteiger partial charge in [0.1, 0.15) is 0 Å². The highest BCUT2D eigenvalue weighted by atomic mass is 16.6. The normalized spacial score (nSPS) is 10.4. The van der Waals surface area contributed by atoms with Gasteiger partial charge in [0.05, 0.1) is 18.6 Å². The van der Waals surface area contributed by atoms with Gasteiger partial charge in [-0.2, -0.15) is 0 Å². The van der Waals surface area contributed by atoms with Gasteiger partial charge in [0.15, 0.2) is 0 Å². The summed E-state index contributed by atoms with van der Waals surface area (Å²) in [6, 6.07) is 12.7. The van der Waals surface area contributed by atoms with Gasteiger partial charge in [-0.15, -0.1) is 0 Å². The minimum absolute atomic E-state index is 0.0812. The van der Waals surface area contributed by atoms with Crippen molar-refractivity contribution in [3.05, 3.63) is 58.1 Å². The van der Waals surface area contributed by atoms with E-state index in [0.29, 0.717) is 24.2 Å². The molecule has 0 heterocycles. The number of nitro benzene ring substituents is 1. The number of hydrogen-bond acceptors (Lipinski definition) is 5. The molecule has 0 saturated heterocycles. The molecule has 6 heteroatoms. The largest absolute Gasteiger partial charge is 0.486 e. The second-order valence-electron chi connectivity index (χ2n) is 5.89. The Labute approximate surface area is 152 Å². The lowest BCUT2D eigenvalue weighted by molar-refractivity contribution is -0.385. The highest BCUT2D eigenvalue weighted by Gasteiger charge is 2.22. The van der Waals surface area contributed by atoms with Crippen LogP contribution in [0.25, 0.3) is 11.1 Å². The molecular weight excluding hydrogens is 334 g/mol. The lowest BCUT2D eigenvalue weighted by atomic mass is 9.98. The summed E-state index contributed by atoms with van der Waals surface area (Å²) in [6.45, 7) is 2.45. The summed E-state index contributed by atoms with van der Waals surface area (Å²) in [5.74, 6) is -0.0753. The van der Waals surface area contributed by atoms with E-state index in [2.05, 4.69) is 4.74 Å². The molecule has 0 amide bonds. The predicted octanol–water partition coefficient (Wildman–Crippen LogP) is 4.55. The number of carbonyl (C=O) groups excluding carboxylic acids is 1. The fourth-order valence-electron chi connectivity index (χ4n) is 2.60. The third kappa shape index (κ3) is 5.05. The van der Waals surface area contributed by atoms with E-state index in [9.17, 15) is 14.9 Å². The van der Waals surface area contributed by atoms with Gasteiger partial charge in [-0.1, -0.05) is 43.7 Å². The molecule has 0 bridgehead atoms. The van der Waals surface area contributed by atoms with Crippen LogP contribution >= 0.6 is 0 Å². The molecule has 0 spiro atoms. The van der Waals surface area contributed by atoms with Crippen molar-refractivity contribution in [1.82, 2.24) is 0 Å². The van der Waals surface area contributed by atoms with Gasteiger partial charge in [-0.3, -0.25) is 14.9 Å². The molecule has 0 atom stereocenters. The quantitative estimate of drug-likeness (QED) is 0.285. The molecular formula is C20H23NO5. The number of aryl methyl sites for hydroxylation is 1. The van der Waals surface area contributed by atoms with Crippen LogP contribution in [0.4, 0.5) is 5.69 Å². The molecule has 2 aromatic carbocycles. The Morgan fingerprint density at radius 3 is 2.54 bits per heavy atom. The molecule has 0 fully saturated rings. The molecule has 2 rings (SSSR count). The number of nitrogens with zero attached hydrogens (tertiary/aromatic N) is 1. The number of esters is 1. The van der Waals surface area contributed by atoms with E-state index in [4.69, 9.17) is 4.74 Å². The monoisotopic (exact) mass is 357 g/mol. The fourth-order valence-corrected chi connectivity index (χ4v) is 2.60. The summed E-state index contributed by atoms with van der Waals surface area (Å²) in [7, 11) is 1.32. The van der Waals surface area contributed by atoms with Crippen LogP contribution in [0.15, 0.2) is 42.5 Å². The smallest absolute Gasteiger partial charge is 0.311 e. The molecule has 2 aromatic rings. The number of nitro groups is 1. The van der Waals surface area contributed by atoms with Gasteiger partial charge in [0, 0.05) is 18.1 Å². The third-order valence-corrected chi connectivity index (χ3v) is 4.00. The maximum absolute atomic E-state index is 11.6. The third-order valence-electron chi connectivity index (χ3n) is 4.00. The van der Waals surface area contributed by atoms with Gasteiger partial charge in [0.2, 0.25) is 5.75 Å². The molecule has 6 nitrogen and oxygen atoms in total. The molecule has 0 aliphatic carbocycles. The Morgan fingerprint density at radius 2 is 1.92 bits per heavy atom. The Kier molecular flexibility index (Phi) is 7.14. The Morgan fingerprint density at radius 1 is 1.19 bits per heavy atom. The summed E-state index contributed by atoms with van der Waals surface area (Å²) in [6.07, 6.45) is 2.28. The van der Waals surface area contributed by atoms with Gasteiger partial charge < -0.3 is 9.47 Å². The lowest BCUT2D eigenvalue weighted by Gasteiger charge is -2.14. The second-order valence-corrected chi connectivity index (χ2v) is 5.89. The number of carbonyl (C=O) groups is 1. The number of unbranched alkanes of at least 4 members (excludes halogenated alkanes) is 1. The van der Waals surface area contributed by atoms with Crippen LogP contribution in [-0.2, 0) is 16.0 Å². The first-order chi connectivity index (χ1) is 12.6. The van der Waals surface area contributed by atoms with Crippen LogP contribution in [0, 0.1) is 10.1 Å². The highest BCUT2D eigenvalue weighted by Crippen LogP contribution is 2.39.